The van der Waals surface area contributed by atoms with E-state index in [1.54, 1.807) is 0 Å². The normalized spacial score (nSPS) is 12.8. The van der Waals surface area contributed by atoms with Crippen molar-refractivity contribution in [1.29, 1.82) is 0 Å². The van der Waals surface area contributed by atoms with Gasteiger partial charge in [0, 0.05) is 6.04 Å². The maximum absolute atomic E-state index is 5.96. The molecule has 1 rings (SSSR count). The molecule has 0 saturated heterocycles. The van der Waals surface area contributed by atoms with Crippen LogP contribution in [0.5, 0.6) is 5.75 Å². The Bertz CT molecular complexity index is 305. The van der Waals surface area contributed by atoms with E-state index in [0.717, 1.165) is 31.1 Å². The summed E-state index contributed by atoms with van der Waals surface area (Å²) in [5.41, 5.74) is 7.14. The van der Waals surface area contributed by atoms with E-state index in [1.807, 2.05) is 12.1 Å². The molecule has 1 aromatic carbocycles. The quantitative estimate of drug-likeness (QED) is 0.727. The Kier molecular flexibility index (Phi) is 6.06. The van der Waals surface area contributed by atoms with E-state index >= 15 is 0 Å². The number of hydrogen-bond donors (Lipinski definition) is 1. The van der Waals surface area contributed by atoms with Crippen molar-refractivity contribution in [3.05, 3.63) is 29.8 Å². The van der Waals surface area contributed by atoms with Gasteiger partial charge in [-0.25, -0.2) is 0 Å². The summed E-state index contributed by atoms with van der Waals surface area (Å²) in [7, 11) is 0. The first kappa shape index (κ1) is 14.0. The molecule has 0 heterocycles. The minimum Gasteiger partial charge on any atom is -0.494 e. The van der Waals surface area contributed by atoms with Crippen molar-refractivity contribution in [2.24, 2.45) is 11.7 Å². The Hall–Kier alpha value is -1.02. The maximum atomic E-state index is 5.96. The molecule has 1 aromatic rings. The van der Waals surface area contributed by atoms with E-state index in [-0.39, 0.29) is 6.04 Å². The van der Waals surface area contributed by atoms with Crippen LogP contribution in [-0.2, 0) is 0 Å². The third-order valence-electron chi connectivity index (χ3n) is 2.94. The van der Waals surface area contributed by atoms with Gasteiger partial charge in [-0.1, -0.05) is 32.9 Å². The van der Waals surface area contributed by atoms with E-state index in [0.29, 0.717) is 0 Å². The minimum atomic E-state index is 0.144. The van der Waals surface area contributed by atoms with Gasteiger partial charge >= 0.3 is 0 Å². The molecular weight excluding hydrogens is 210 g/mol. The lowest BCUT2D eigenvalue weighted by Gasteiger charge is -2.11. The SMILES string of the molecule is CCC(N)c1ccc(OCCCC(C)C)cc1. The third kappa shape index (κ3) is 5.22. The van der Waals surface area contributed by atoms with Gasteiger partial charge in [0.15, 0.2) is 0 Å². The molecule has 0 amide bonds. The Morgan fingerprint density at radius 1 is 1.18 bits per heavy atom. The van der Waals surface area contributed by atoms with Gasteiger partial charge in [-0.3, -0.25) is 0 Å². The summed E-state index contributed by atoms with van der Waals surface area (Å²) in [5, 5.41) is 0. The predicted molar refractivity (Wildman–Crippen MR) is 73.2 cm³/mol. The van der Waals surface area contributed by atoms with Gasteiger partial charge in [0.05, 0.1) is 6.61 Å². The number of benzene rings is 1. The molecule has 0 aromatic heterocycles. The lowest BCUT2D eigenvalue weighted by Crippen LogP contribution is -2.08. The molecule has 96 valence electrons. The summed E-state index contributed by atoms with van der Waals surface area (Å²) in [6, 6.07) is 8.29. The van der Waals surface area contributed by atoms with Crippen LogP contribution in [0.15, 0.2) is 24.3 Å². The Morgan fingerprint density at radius 2 is 1.82 bits per heavy atom. The van der Waals surface area contributed by atoms with Gasteiger partial charge in [0.1, 0.15) is 5.75 Å². The Balaban J connectivity index is 2.35. The average Bonchev–Trinajstić information content (AvgIpc) is 2.34. The summed E-state index contributed by atoms with van der Waals surface area (Å²) >= 11 is 0. The molecule has 0 saturated carbocycles. The molecule has 0 aliphatic heterocycles. The zero-order valence-corrected chi connectivity index (χ0v) is 11.3. The smallest absolute Gasteiger partial charge is 0.119 e. The summed E-state index contributed by atoms with van der Waals surface area (Å²) in [6.45, 7) is 7.38. The monoisotopic (exact) mass is 235 g/mol. The van der Waals surface area contributed by atoms with Crippen molar-refractivity contribution in [2.75, 3.05) is 6.61 Å². The Labute approximate surface area is 105 Å². The van der Waals surface area contributed by atoms with Crippen molar-refractivity contribution >= 4 is 0 Å². The van der Waals surface area contributed by atoms with Crippen LogP contribution in [0.2, 0.25) is 0 Å². The standard InChI is InChI=1S/C15H25NO/c1-4-15(16)13-7-9-14(10-8-13)17-11-5-6-12(2)3/h7-10,12,15H,4-6,11,16H2,1-3H3. The van der Waals surface area contributed by atoms with Crippen LogP contribution < -0.4 is 10.5 Å². The second-order valence-corrected chi connectivity index (χ2v) is 4.97. The molecule has 1 atom stereocenters. The van der Waals surface area contributed by atoms with E-state index in [2.05, 4.69) is 32.9 Å². The predicted octanol–water partition coefficient (Wildman–Crippen LogP) is 3.91. The van der Waals surface area contributed by atoms with Crippen LogP contribution in [0.25, 0.3) is 0 Å². The van der Waals surface area contributed by atoms with Gasteiger partial charge in [-0.2, -0.15) is 0 Å². The second-order valence-electron chi connectivity index (χ2n) is 4.97. The molecule has 0 fully saturated rings. The summed E-state index contributed by atoms with van der Waals surface area (Å²) in [6.07, 6.45) is 3.31. The molecule has 0 spiro atoms. The first-order chi connectivity index (χ1) is 8.13. The number of rotatable bonds is 7. The average molecular weight is 235 g/mol. The molecule has 0 aliphatic carbocycles. The van der Waals surface area contributed by atoms with Crippen molar-refractivity contribution in [1.82, 2.24) is 0 Å². The van der Waals surface area contributed by atoms with Crippen LogP contribution >= 0.6 is 0 Å². The molecule has 0 bridgehead atoms. The molecule has 17 heavy (non-hydrogen) atoms. The number of ether oxygens (including phenoxy) is 1. The largest absolute Gasteiger partial charge is 0.494 e. The number of nitrogens with two attached hydrogens (primary N) is 1. The van der Waals surface area contributed by atoms with E-state index in [9.17, 15) is 0 Å². The lowest BCUT2D eigenvalue weighted by molar-refractivity contribution is 0.297. The minimum absolute atomic E-state index is 0.144. The van der Waals surface area contributed by atoms with Crippen molar-refractivity contribution in [3.8, 4) is 5.75 Å². The van der Waals surface area contributed by atoms with Gasteiger partial charge in [-0.15, -0.1) is 0 Å². The summed E-state index contributed by atoms with van der Waals surface area (Å²) < 4.78 is 5.68. The molecular formula is C15H25NO. The van der Waals surface area contributed by atoms with Crippen LogP contribution in [0, 0.1) is 5.92 Å². The fourth-order valence-electron chi connectivity index (χ4n) is 1.73. The van der Waals surface area contributed by atoms with E-state index in [4.69, 9.17) is 10.5 Å². The topological polar surface area (TPSA) is 35.2 Å². The van der Waals surface area contributed by atoms with Crippen LogP contribution in [-0.4, -0.2) is 6.61 Å². The summed E-state index contributed by atoms with van der Waals surface area (Å²) in [4.78, 5) is 0. The Morgan fingerprint density at radius 3 is 2.35 bits per heavy atom. The highest BCUT2D eigenvalue weighted by atomic mass is 16.5. The summed E-state index contributed by atoms with van der Waals surface area (Å²) in [5.74, 6) is 1.70. The first-order valence-corrected chi connectivity index (χ1v) is 6.61. The highest BCUT2D eigenvalue weighted by Gasteiger charge is 2.03. The zero-order chi connectivity index (χ0) is 12.7. The first-order valence-electron chi connectivity index (χ1n) is 6.61. The van der Waals surface area contributed by atoms with Gasteiger partial charge < -0.3 is 10.5 Å². The molecule has 1 unspecified atom stereocenters. The molecule has 0 radical (unpaired) electrons. The van der Waals surface area contributed by atoms with Crippen LogP contribution in [0.4, 0.5) is 0 Å². The van der Waals surface area contributed by atoms with Crippen LogP contribution in [0.1, 0.15) is 51.6 Å². The molecule has 2 N–H and O–H groups in total. The van der Waals surface area contributed by atoms with E-state index in [1.165, 1.54) is 12.0 Å². The van der Waals surface area contributed by atoms with E-state index < -0.39 is 0 Å². The molecule has 2 heteroatoms. The van der Waals surface area contributed by atoms with Gasteiger partial charge in [0.25, 0.3) is 0 Å². The van der Waals surface area contributed by atoms with Crippen LogP contribution in [0.3, 0.4) is 0 Å². The second kappa shape index (κ2) is 7.33. The van der Waals surface area contributed by atoms with Crippen molar-refractivity contribution in [2.45, 2.75) is 46.1 Å². The van der Waals surface area contributed by atoms with Gasteiger partial charge in [-0.05, 0) is 42.9 Å². The highest BCUT2D eigenvalue weighted by molar-refractivity contribution is 5.28. The zero-order valence-electron chi connectivity index (χ0n) is 11.3. The fourth-order valence-corrected chi connectivity index (χ4v) is 1.73. The fraction of sp³-hybridized carbons (Fsp3) is 0.600. The number of hydrogen-bond acceptors (Lipinski definition) is 2. The third-order valence-corrected chi connectivity index (χ3v) is 2.94. The van der Waals surface area contributed by atoms with Crippen molar-refractivity contribution in [3.63, 3.8) is 0 Å². The lowest BCUT2D eigenvalue weighted by atomic mass is 10.1. The molecule has 2 nitrogen and oxygen atoms in total. The highest BCUT2D eigenvalue weighted by Crippen LogP contribution is 2.18. The van der Waals surface area contributed by atoms with Gasteiger partial charge in [0.2, 0.25) is 0 Å². The molecule has 0 aliphatic rings. The maximum Gasteiger partial charge on any atom is 0.119 e. The van der Waals surface area contributed by atoms with Crippen molar-refractivity contribution < 1.29 is 4.74 Å².